The van der Waals surface area contributed by atoms with E-state index in [0.29, 0.717) is 16.5 Å². The second-order valence-corrected chi connectivity index (χ2v) is 10.9. The first-order valence-electron chi connectivity index (χ1n) is 15.3. The van der Waals surface area contributed by atoms with Crippen molar-refractivity contribution in [3.8, 4) is 23.1 Å². The molecular weight excluding hydrogens is 658 g/mol. The molecule has 3 aromatic carbocycles. The highest BCUT2D eigenvalue weighted by Gasteiger charge is 2.33. The fourth-order valence-corrected chi connectivity index (χ4v) is 5.45. The smallest absolute Gasteiger partial charge is 0.394 e. The molecule has 0 aliphatic carbocycles. The number of benzene rings is 3. The molecule has 0 spiro atoms. The van der Waals surface area contributed by atoms with Gasteiger partial charge >= 0.3 is 6.18 Å². The van der Waals surface area contributed by atoms with Gasteiger partial charge in [0.25, 0.3) is 5.56 Å². The standard InChI is InChI=1S/C35H29F4N7O4/c36-25-10-3-8-23(18-25)31-30-32(40)41-21-42-33(30)46(44-31)20-28-43-27-12-4-7-22(9-5-14-49-16-17-50-15-13-47)29(27)34(48)45(28)19-24-6-1-2-11-26(24)35(37,38)39/h1-4,6-8,10-12,18,21,47H,13-17,19-20H2,(H2,40,41,42). The molecule has 15 heteroatoms. The first-order chi connectivity index (χ1) is 24.2. The topological polar surface area (TPSA) is 143 Å². The Hall–Kier alpha value is -5.69. The summed E-state index contributed by atoms with van der Waals surface area (Å²) in [6.45, 7) is -0.0913. The number of aromatic nitrogens is 6. The average molecular weight is 688 g/mol. The Morgan fingerprint density at radius 1 is 0.920 bits per heavy atom. The van der Waals surface area contributed by atoms with E-state index in [1.54, 1.807) is 24.3 Å². The third kappa shape index (κ3) is 7.32. The number of nitrogen functional groups attached to an aromatic ring is 1. The van der Waals surface area contributed by atoms with E-state index in [-0.39, 0.29) is 79.0 Å². The van der Waals surface area contributed by atoms with Crippen LogP contribution in [0.4, 0.5) is 23.4 Å². The second kappa shape index (κ2) is 14.8. The minimum Gasteiger partial charge on any atom is -0.394 e. The predicted octanol–water partition coefficient (Wildman–Crippen LogP) is 4.42. The van der Waals surface area contributed by atoms with Crippen LogP contribution in [0.3, 0.4) is 0 Å². The highest BCUT2D eigenvalue weighted by Crippen LogP contribution is 2.33. The molecule has 0 unspecified atom stereocenters. The van der Waals surface area contributed by atoms with Crippen LogP contribution in [0.15, 0.2) is 77.9 Å². The third-order valence-electron chi connectivity index (χ3n) is 7.67. The maximum absolute atomic E-state index is 14.3. The van der Waals surface area contributed by atoms with Gasteiger partial charge in [-0.3, -0.25) is 9.36 Å². The molecule has 6 aromatic rings. The van der Waals surface area contributed by atoms with Crippen LogP contribution >= 0.6 is 0 Å². The number of anilines is 1. The summed E-state index contributed by atoms with van der Waals surface area (Å²) < 4.78 is 69.6. The molecule has 256 valence electrons. The molecule has 3 N–H and O–H groups in total. The zero-order chi connectivity index (χ0) is 35.3. The van der Waals surface area contributed by atoms with E-state index >= 15 is 0 Å². The first kappa shape index (κ1) is 34.2. The van der Waals surface area contributed by atoms with Gasteiger partial charge in [0.15, 0.2) is 5.65 Å². The van der Waals surface area contributed by atoms with Crippen LogP contribution < -0.4 is 11.3 Å². The van der Waals surface area contributed by atoms with E-state index in [0.717, 1.165) is 10.6 Å². The SMILES string of the molecule is Nc1ncnc2c1c(-c1cccc(F)c1)nn2Cc1nc2cccc(C#CCOCCOCCO)c2c(=O)n1Cc1ccccc1C(F)(F)F. The Morgan fingerprint density at radius 2 is 1.72 bits per heavy atom. The molecule has 0 atom stereocenters. The number of aliphatic hydroxyl groups excluding tert-OH is 1. The average Bonchev–Trinajstić information content (AvgIpc) is 3.46. The number of hydrogen-bond acceptors (Lipinski definition) is 9. The van der Waals surface area contributed by atoms with Crippen LogP contribution in [-0.4, -0.2) is 67.4 Å². The molecule has 0 saturated heterocycles. The van der Waals surface area contributed by atoms with E-state index in [2.05, 4.69) is 26.9 Å². The second-order valence-electron chi connectivity index (χ2n) is 10.9. The summed E-state index contributed by atoms with van der Waals surface area (Å²) in [7, 11) is 0. The van der Waals surface area contributed by atoms with Crippen LogP contribution in [0, 0.1) is 17.7 Å². The van der Waals surface area contributed by atoms with Gasteiger partial charge in [0.1, 0.15) is 42.6 Å². The molecule has 50 heavy (non-hydrogen) atoms. The van der Waals surface area contributed by atoms with Gasteiger partial charge in [0.2, 0.25) is 0 Å². The molecule has 0 bridgehead atoms. The van der Waals surface area contributed by atoms with Gasteiger partial charge in [-0.25, -0.2) is 24.0 Å². The largest absolute Gasteiger partial charge is 0.416 e. The van der Waals surface area contributed by atoms with E-state index in [1.807, 2.05) is 0 Å². The molecule has 0 aliphatic rings. The van der Waals surface area contributed by atoms with Gasteiger partial charge in [-0.1, -0.05) is 48.2 Å². The van der Waals surface area contributed by atoms with Gasteiger partial charge in [0, 0.05) is 11.1 Å². The number of aliphatic hydroxyl groups is 1. The van der Waals surface area contributed by atoms with E-state index < -0.39 is 29.7 Å². The summed E-state index contributed by atoms with van der Waals surface area (Å²) in [6.07, 6.45) is -3.46. The number of nitrogens with zero attached hydrogens (tertiary/aromatic N) is 6. The molecule has 0 radical (unpaired) electrons. The highest BCUT2D eigenvalue weighted by molar-refractivity contribution is 5.98. The molecule has 0 saturated carbocycles. The molecule has 6 rings (SSSR count). The van der Waals surface area contributed by atoms with Crippen LogP contribution in [0.25, 0.3) is 33.2 Å². The van der Waals surface area contributed by atoms with Gasteiger partial charge in [-0.15, -0.1) is 0 Å². The lowest BCUT2D eigenvalue weighted by Crippen LogP contribution is -2.29. The third-order valence-corrected chi connectivity index (χ3v) is 7.67. The van der Waals surface area contributed by atoms with E-state index in [9.17, 15) is 22.4 Å². The Labute approximate surface area is 281 Å². The van der Waals surface area contributed by atoms with Crippen molar-refractivity contribution in [1.29, 1.82) is 0 Å². The van der Waals surface area contributed by atoms with Gasteiger partial charge in [-0.2, -0.15) is 18.3 Å². The Balaban J connectivity index is 1.47. The monoisotopic (exact) mass is 687 g/mol. The fourth-order valence-electron chi connectivity index (χ4n) is 5.45. The van der Waals surface area contributed by atoms with Crippen molar-refractivity contribution in [3.63, 3.8) is 0 Å². The summed E-state index contributed by atoms with van der Waals surface area (Å²) in [6, 6.07) is 15.6. The number of nitrogens with two attached hydrogens (primary N) is 1. The first-order valence-corrected chi connectivity index (χ1v) is 15.3. The fraction of sp³-hybridized carbons (Fsp3) is 0.229. The van der Waals surface area contributed by atoms with E-state index in [1.165, 1.54) is 47.4 Å². The number of fused-ring (bicyclic) bond motifs is 2. The molecule has 0 amide bonds. The lowest BCUT2D eigenvalue weighted by atomic mass is 10.1. The minimum absolute atomic E-state index is 0.0164. The molecule has 0 fully saturated rings. The van der Waals surface area contributed by atoms with E-state index in [4.69, 9.17) is 25.3 Å². The Morgan fingerprint density at radius 3 is 2.52 bits per heavy atom. The summed E-state index contributed by atoms with van der Waals surface area (Å²) in [5.74, 6) is 5.40. The number of hydrogen-bond donors (Lipinski definition) is 2. The van der Waals surface area contributed by atoms with Crippen LogP contribution in [0.5, 0.6) is 0 Å². The van der Waals surface area contributed by atoms with Crippen molar-refractivity contribution in [2.75, 3.05) is 38.8 Å². The number of alkyl halides is 3. The van der Waals surface area contributed by atoms with Crippen molar-refractivity contribution < 1.29 is 32.1 Å². The molecule has 3 heterocycles. The lowest BCUT2D eigenvalue weighted by molar-refractivity contribution is -0.138. The Kier molecular flexibility index (Phi) is 10.1. The summed E-state index contributed by atoms with van der Waals surface area (Å²) in [5, 5.41) is 13.9. The van der Waals surface area contributed by atoms with Gasteiger partial charge < -0.3 is 20.3 Å². The maximum atomic E-state index is 14.3. The zero-order valence-electron chi connectivity index (χ0n) is 26.3. The molecule has 11 nitrogen and oxygen atoms in total. The minimum atomic E-state index is -4.68. The number of rotatable bonds is 11. The number of ether oxygens (including phenoxy) is 2. The maximum Gasteiger partial charge on any atom is 0.416 e. The Bertz CT molecular complexity index is 2290. The van der Waals surface area contributed by atoms with Crippen molar-refractivity contribution in [1.82, 2.24) is 29.3 Å². The molecule has 0 aliphatic heterocycles. The summed E-state index contributed by atoms with van der Waals surface area (Å²) in [5.41, 5.74) is 6.02. The van der Waals surface area contributed by atoms with Gasteiger partial charge in [-0.05, 0) is 35.9 Å². The van der Waals surface area contributed by atoms with Crippen molar-refractivity contribution in [2.24, 2.45) is 0 Å². The van der Waals surface area contributed by atoms with Crippen molar-refractivity contribution in [3.05, 3.63) is 112 Å². The highest BCUT2D eigenvalue weighted by atomic mass is 19.4. The van der Waals surface area contributed by atoms with Crippen LogP contribution in [0.2, 0.25) is 0 Å². The van der Waals surface area contributed by atoms with Crippen molar-refractivity contribution in [2.45, 2.75) is 19.3 Å². The van der Waals surface area contributed by atoms with Crippen LogP contribution in [0.1, 0.15) is 22.5 Å². The molecular formula is C35H29F4N7O4. The normalized spacial score (nSPS) is 11.6. The molecule has 3 aromatic heterocycles. The number of halogens is 4. The zero-order valence-corrected chi connectivity index (χ0v) is 26.3. The van der Waals surface area contributed by atoms with Gasteiger partial charge in [0.05, 0.1) is 54.8 Å². The quantitative estimate of drug-likeness (QED) is 0.115. The predicted molar refractivity (Wildman–Crippen MR) is 176 cm³/mol. The summed E-state index contributed by atoms with van der Waals surface area (Å²) >= 11 is 0. The lowest BCUT2D eigenvalue weighted by Gasteiger charge is -2.17. The van der Waals surface area contributed by atoms with Crippen molar-refractivity contribution >= 4 is 27.8 Å². The van der Waals surface area contributed by atoms with Crippen LogP contribution in [-0.2, 0) is 28.7 Å². The summed E-state index contributed by atoms with van der Waals surface area (Å²) in [4.78, 5) is 27.5.